The molecule has 0 saturated carbocycles. The summed E-state index contributed by atoms with van der Waals surface area (Å²) in [5.74, 6) is 0.937. The van der Waals surface area contributed by atoms with Gasteiger partial charge in [-0.1, -0.05) is 21.6 Å². The topological polar surface area (TPSA) is 42.0 Å². The summed E-state index contributed by atoms with van der Waals surface area (Å²) in [5.41, 5.74) is 0. The van der Waals surface area contributed by atoms with Crippen LogP contribution >= 0.6 is 21.6 Å². The number of carbonyl (C=O) groups is 1. The average Bonchev–Trinajstić information content (AvgIpc) is 2.18. The zero-order valence-corrected chi connectivity index (χ0v) is 9.53. The average molecular weight is 228 g/mol. The molecule has 1 rings (SSSR count). The molecule has 0 spiro atoms. The molecule has 0 saturated heterocycles. The van der Waals surface area contributed by atoms with E-state index < -0.39 is 0 Å². The molecule has 0 aromatic carbocycles. The fourth-order valence-electron chi connectivity index (χ4n) is 0.772. The lowest BCUT2D eigenvalue weighted by molar-refractivity contribution is -0.118. The Labute approximate surface area is 91.5 Å². The van der Waals surface area contributed by atoms with E-state index in [0.717, 1.165) is 12.3 Å². The molecule has 0 aliphatic rings. The van der Waals surface area contributed by atoms with Crippen LogP contribution in [-0.2, 0) is 4.79 Å². The third kappa shape index (κ3) is 5.14. The van der Waals surface area contributed by atoms with Crippen LogP contribution in [-0.4, -0.2) is 23.2 Å². The number of amides is 1. The van der Waals surface area contributed by atoms with Gasteiger partial charge in [-0.25, -0.2) is 0 Å². The van der Waals surface area contributed by atoms with Gasteiger partial charge in [0.2, 0.25) is 5.91 Å². The highest BCUT2D eigenvalue weighted by atomic mass is 33.1. The highest BCUT2D eigenvalue weighted by Crippen LogP contribution is 2.29. The molecule has 14 heavy (non-hydrogen) atoms. The van der Waals surface area contributed by atoms with E-state index in [9.17, 15) is 4.79 Å². The minimum atomic E-state index is 0.0273. The van der Waals surface area contributed by atoms with E-state index >= 15 is 0 Å². The van der Waals surface area contributed by atoms with Gasteiger partial charge in [0, 0.05) is 36.5 Å². The van der Waals surface area contributed by atoms with Crippen LogP contribution in [0.5, 0.6) is 0 Å². The molecule has 76 valence electrons. The number of pyridine rings is 1. The quantitative estimate of drug-likeness (QED) is 0.618. The van der Waals surface area contributed by atoms with Gasteiger partial charge in [0.25, 0.3) is 0 Å². The molecule has 1 N–H and O–H groups in total. The second kappa shape index (κ2) is 6.73. The normalized spacial score (nSPS) is 9.79. The van der Waals surface area contributed by atoms with Crippen LogP contribution < -0.4 is 5.32 Å². The van der Waals surface area contributed by atoms with Gasteiger partial charge in [0.1, 0.15) is 0 Å². The Hall–Kier alpha value is -0.680. The number of carbonyl (C=O) groups excluding carboxylic acids is 1. The molecular formula is C9H12N2OS2. The van der Waals surface area contributed by atoms with Gasteiger partial charge in [-0.15, -0.1) is 0 Å². The van der Waals surface area contributed by atoms with Crippen LogP contribution in [0, 0.1) is 0 Å². The minimum absolute atomic E-state index is 0.0273. The van der Waals surface area contributed by atoms with E-state index in [4.69, 9.17) is 0 Å². The zero-order valence-electron chi connectivity index (χ0n) is 7.90. The summed E-state index contributed by atoms with van der Waals surface area (Å²) in [7, 11) is 3.42. The molecule has 0 unspecified atom stereocenters. The Morgan fingerprint density at radius 2 is 2.21 bits per heavy atom. The van der Waals surface area contributed by atoms with Gasteiger partial charge in [-0.05, 0) is 12.1 Å². The van der Waals surface area contributed by atoms with Crippen LogP contribution in [0.15, 0.2) is 29.4 Å². The zero-order chi connectivity index (χ0) is 10.2. The Balaban J connectivity index is 2.08. The number of rotatable bonds is 5. The van der Waals surface area contributed by atoms with Gasteiger partial charge >= 0.3 is 0 Å². The summed E-state index contributed by atoms with van der Waals surface area (Å²) in [5, 5.41) is 2.75. The van der Waals surface area contributed by atoms with Gasteiger partial charge in [-0.2, -0.15) is 0 Å². The van der Waals surface area contributed by atoms with Gasteiger partial charge in [0.15, 0.2) is 0 Å². The van der Waals surface area contributed by atoms with Crippen molar-refractivity contribution in [1.29, 1.82) is 0 Å². The van der Waals surface area contributed by atoms with Crippen LogP contribution in [0.4, 0.5) is 0 Å². The molecule has 0 fully saturated rings. The first-order chi connectivity index (χ1) is 6.79. The highest BCUT2D eigenvalue weighted by molar-refractivity contribution is 8.76. The van der Waals surface area contributed by atoms with Gasteiger partial charge < -0.3 is 5.32 Å². The molecule has 1 amide bonds. The molecular weight excluding hydrogens is 216 g/mol. The number of nitrogens with one attached hydrogen (secondary N) is 1. The lowest BCUT2D eigenvalue weighted by Crippen LogP contribution is -2.22. The van der Waals surface area contributed by atoms with Crippen LogP contribution in [0.1, 0.15) is 6.92 Å². The highest BCUT2D eigenvalue weighted by Gasteiger charge is 1.94. The molecule has 0 aliphatic heterocycles. The fourth-order valence-corrected chi connectivity index (χ4v) is 2.65. The lowest BCUT2D eigenvalue weighted by Gasteiger charge is -2.01. The monoisotopic (exact) mass is 228 g/mol. The van der Waals surface area contributed by atoms with Crippen molar-refractivity contribution in [3.63, 3.8) is 0 Å². The Bertz CT molecular complexity index is 279. The Morgan fingerprint density at radius 3 is 2.86 bits per heavy atom. The summed E-state index contributed by atoms with van der Waals surface area (Å²) >= 11 is 0. The van der Waals surface area contributed by atoms with Crippen LogP contribution in [0.2, 0.25) is 0 Å². The molecule has 0 atom stereocenters. The van der Waals surface area contributed by atoms with Crippen molar-refractivity contribution in [3.05, 3.63) is 24.5 Å². The second-order valence-corrected chi connectivity index (χ2v) is 5.06. The summed E-state index contributed by atoms with van der Waals surface area (Å²) in [6, 6.07) is 3.94. The Kier molecular flexibility index (Phi) is 5.47. The molecule has 3 nitrogen and oxygen atoms in total. The first kappa shape index (κ1) is 11.4. The smallest absolute Gasteiger partial charge is 0.216 e. The molecule has 0 radical (unpaired) electrons. The van der Waals surface area contributed by atoms with E-state index in [-0.39, 0.29) is 5.91 Å². The molecule has 5 heteroatoms. The van der Waals surface area contributed by atoms with Crippen molar-refractivity contribution in [2.24, 2.45) is 0 Å². The number of hydrogen-bond donors (Lipinski definition) is 1. The number of hydrogen-bond acceptors (Lipinski definition) is 4. The van der Waals surface area contributed by atoms with Crippen molar-refractivity contribution in [3.8, 4) is 0 Å². The fraction of sp³-hybridized carbons (Fsp3) is 0.333. The van der Waals surface area contributed by atoms with Crippen molar-refractivity contribution in [2.45, 2.75) is 11.8 Å². The Morgan fingerprint density at radius 1 is 1.50 bits per heavy atom. The van der Waals surface area contributed by atoms with E-state index in [1.807, 2.05) is 12.1 Å². The minimum Gasteiger partial charge on any atom is -0.355 e. The lowest BCUT2D eigenvalue weighted by atomic mass is 10.5. The van der Waals surface area contributed by atoms with E-state index in [2.05, 4.69) is 10.3 Å². The number of aromatic nitrogens is 1. The maximum Gasteiger partial charge on any atom is 0.216 e. The first-order valence-electron chi connectivity index (χ1n) is 4.23. The molecule has 0 bridgehead atoms. The predicted octanol–water partition coefficient (Wildman–Crippen LogP) is 1.96. The molecule has 1 aromatic rings. The van der Waals surface area contributed by atoms with E-state index in [1.54, 1.807) is 34.0 Å². The first-order valence-corrected chi connectivity index (χ1v) is 6.55. The van der Waals surface area contributed by atoms with Gasteiger partial charge in [-0.3, -0.25) is 9.78 Å². The van der Waals surface area contributed by atoms with Crippen LogP contribution in [0.3, 0.4) is 0 Å². The summed E-state index contributed by atoms with van der Waals surface area (Å²) in [6.45, 7) is 2.25. The number of nitrogens with zero attached hydrogens (tertiary/aromatic N) is 1. The maximum absolute atomic E-state index is 10.5. The summed E-state index contributed by atoms with van der Waals surface area (Å²) < 4.78 is 0. The predicted molar refractivity (Wildman–Crippen MR) is 61.2 cm³/mol. The SMILES string of the molecule is CC(=O)NCCSSc1ccncc1. The van der Waals surface area contributed by atoms with E-state index in [1.165, 1.54) is 11.8 Å². The van der Waals surface area contributed by atoms with Crippen molar-refractivity contribution in [1.82, 2.24) is 10.3 Å². The van der Waals surface area contributed by atoms with Crippen molar-refractivity contribution < 1.29 is 4.79 Å². The summed E-state index contributed by atoms with van der Waals surface area (Å²) in [4.78, 5) is 15.7. The van der Waals surface area contributed by atoms with E-state index in [0.29, 0.717) is 0 Å². The van der Waals surface area contributed by atoms with Crippen LogP contribution in [0.25, 0.3) is 0 Å². The third-order valence-electron chi connectivity index (χ3n) is 1.36. The second-order valence-electron chi connectivity index (χ2n) is 2.57. The van der Waals surface area contributed by atoms with Gasteiger partial charge in [0.05, 0.1) is 0 Å². The third-order valence-corrected chi connectivity index (χ3v) is 3.75. The molecule has 0 aliphatic carbocycles. The summed E-state index contributed by atoms with van der Waals surface area (Å²) in [6.07, 6.45) is 3.55. The molecule has 1 aromatic heterocycles. The molecule has 1 heterocycles. The van der Waals surface area contributed by atoms with Crippen molar-refractivity contribution in [2.75, 3.05) is 12.3 Å². The maximum atomic E-state index is 10.5. The largest absolute Gasteiger partial charge is 0.355 e. The standard InChI is InChI=1S/C9H12N2OS2/c1-8(12)11-6-7-13-14-9-2-4-10-5-3-9/h2-5H,6-7H2,1H3,(H,11,12). The van der Waals surface area contributed by atoms with Crippen molar-refractivity contribution >= 4 is 27.5 Å².